The Labute approximate surface area is 123 Å². The second-order valence-electron chi connectivity index (χ2n) is 4.22. The topological polar surface area (TPSA) is 26.0 Å². The molecule has 0 saturated carbocycles. The average Bonchev–Trinajstić information content (AvgIpc) is 2.37. The Morgan fingerprint density at radius 3 is 2.58 bits per heavy atom. The van der Waals surface area contributed by atoms with Crippen LogP contribution in [0.25, 0.3) is 0 Å². The van der Waals surface area contributed by atoms with Gasteiger partial charge < -0.3 is 5.73 Å². The summed E-state index contributed by atoms with van der Waals surface area (Å²) >= 11 is 9.26. The third-order valence-electron chi connectivity index (χ3n) is 2.82. The largest absolute Gasteiger partial charge is 0.324 e. The molecule has 19 heavy (non-hydrogen) atoms. The lowest BCUT2D eigenvalue weighted by atomic mass is 9.99. The van der Waals surface area contributed by atoms with Crippen LogP contribution in [0.15, 0.2) is 40.9 Å². The lowest BCUT2D eigenvalue weighted by molar-refractivity contribution is 0.572. The van der Waals surface area contributed by atoms with Crippen LogP contribution < -0.4 is 5.73 Å². The molecule has 1 unspecified atom stereocenters. The molecule has 2 N–H and O–H groups in total. The van der Waals surface area contributed by atoms with E-state index in [1.165, 1.54) is 0 Å². The first kappa shape index (κ1) is 14.4. The van der Waals surface area contributed by atoms with Crippen LogP contribution in [0.2, 0.25) is 5.02 Å². The summed E-state index contributed by atoms with van der Waals surface area (Å²) in [5.74, 6) is -0.933. The Kier molecular flexibility index (Phi) is 4.55. The molecule has 0 amide bonds. The molecule has 0 aliphatic heterocycles. The van der Waals surface area contributed by atoms with Gasteiger partial charge in [-0.05, 0) is 63.8 Å². The van der Waals surface area contributed by atoms with Gasteiger partial charge in [0.1, 0.15) is 11.6 Å². The Morgan fingerprint density at radius 1 is 1.16 bits per heavy atom. The summed E-state index contributed by atoms with van der Waals surface area (Å²) in [7, 11) is 0. The molecule has 0 bridgehead atoms. The predicted octanol–water partition coefficient (Wildman–Crippen LogP) is 4.62. The summed E-state index contributed by atoms with van der Waals surface area (Å²) in [4.78, 5) is 0. The Hall–Kier alpha value is -0.970. The second-order valence-corrected chi connectivity index (χ2v) is 5.48. The Bertz CT molecular complexity index is 604. The first-order chi connectivity index (χ1) is 8.97. The van der Waals surface area contributed by atoms with Crippen LogP contribution in [-0.4, -0.2) is 0 Å². The standard InChI is InChI=1S/C14H11BrClF2N/c15-11-3-1-8(6-12(11)16)14(19)7-9-5-10(17)2-4-13(9)18/h1-6,14H,7,19H2. The molecule has 0 heterocycles. The van der Waals surface area contributed by atoms with E-state index in [0.29, 0.717) is 5.02 Å². The van der Waals surface area contributed by atoms with E-state index >= 15 is 0 Å². The smallest absolute Gasteiger partial charge is 0.126 e. The zero-order valence-electron chi connectivity index (χ0n) is 9.84. The van der Waals surface area contributed by atoms with Gasteiger partial charge in [0.15, 0.2) is 0 Å². The minimum Gasteiger partial charge on any atom is -0.324 e. The van der Waals surface area contributed by atoms with Crippen molar-refractivity contribution in [2.75, 3.05) is 0 Å². The molecule has 0 aromatic heterocycles. The first-order valence-corrected chi connectivity index (χ1v) is 6.79. The third-order valence-corrected chi connectivity index (χ3v) is 4.05. The molecular weight excluding hydrogens is 336 g/mol. The molecule has 2 aromatic rings. The first-order valence-electron chi connectivity index (χ1n) is 5.62. The van der Waals surface area contributed by atoms with E-state index in [1.54, 1.807) is 18.2 Å². The SMILES string of the molecule is NC(Cc1cc(F)ccc1F)c1ccc(Br)c(Cl)c1. The van der Waals surface area contributed by atoms with Crippen molar-refractivity contribution in [3.8, 4) is 0 Å². The van der Waals surface area contributed by atoms with E-state index < -0.39 is 17.7 Å². The van der Waals surface area contributed by atoms with Crippen LogP contribution in [0.3, 0.4) is 0 Å². The zero-order chi connectivity index (χ0) is 14.0. The van der Waals surface area contributed by atoms with Crippen molar-refractivity contribution in [1.82, 2.24) is 0 Å². The highest BCUT2D eigenvalue weighted by Crippen LogP contribution is 2.27. The number of benzene rings is 2. The maximum Gasteiger partial charge on any atom is 0.126 e. The van der Waals surface area contributed by atoms with Gasteiger partial charge in [-0.3, -0.25) is 0 Å². The van der Waals surface area contributed by atoms with E-state index in [-0.39, 0.29) is 12.0 Å². The molecule has 0 aliphatic rings. The number of nitrogens with two attached hydrogens (primary N) is 1. The summed E-state index contributed by atoms with van der Waals surface area (Å²) in [5, 5.41) is 0.535. The van der Waals surface area contributed by atoms with Gasteiger partial charge in [0.05, 0.1) is 5.02 Å². The van der Waals surface area contributed by atoms with Crippen LogP contribution in [-0.2, 0) is 6.42 Å². The Morgan fingerprint density at radius 2 is 1.89 bits per heavy atom. The summed E-state index contributed by atoms with van der Waals surface area (Å²) in [6.45, 7) is 0. The van der Waals surface area contributed by atoms with Gasteiger partial charge >= 0.3 is 0 Å². The molecule has 1 nitrogen and oxygen atoms in total. The molecular formula is C14H11BrClF2N. The van der Waals surface area contributed by atoms with Gasteiger partial charge in [-0.25, -0.2) is 8.78 Å². The van der Waals surface area contributed by atoms with Crippen molar-refractivity contribution in [2.24, 2.45) is 5.73 Å². The molecule has 0 saturated heterocycles. The van der Waals surface area contributed by atoms with Gasteiger partial charge in [0.25, 0.3) is 0 Å². The van der Waals surface area contributed by atoms with Gasteiger partial charge in [-0.2, -0.15) is 0 Å². The summed E-state index contributed by atoms with van der Waals surface area (Å²) in [6, 6.07) is 8.20. The molecule has 2 aromatic carbocycles. The maximum absolute atomic E-state index is 13.5. The molecule has 2 rings (SSSR count). The number of rotatable bonds is 3. The minimum absolute atomic E-state index is 0.210. The van der Waals surface area contributed by atoms with E-state index in [0.717, 1.165) is 28.2 Å². The molecule has 0 aliphatic carbocycles. The molecule has 0 spiro atoms. The normalized spacial score (nSPS) is 12.5. The van der Waals surface area contributed by atoms with Crippen molar-refractivity contribution >= 4 is 27.5 Å². The highest BCUT2D eigenvalue weighted by Gasteiger charge is 2.12. The highest BCUT2D eigenvalue weighted by molar-refractivity contribution is 9.10. The summed E-state index contributed by atoms with van der Waals surface area (Å²) < 4.78 is 27.4. The van der Waals surface area contributed by atoms with Crippen molar-refractivity contribution in [1.29, 1.82) is 0 Å². The fourth-order valence-corrected chi connectivity index (χ4v) is 2.23. The van der Waals surface area contributed by atoms with E-state index in [1.807, 2.05) is 0 Å². The number of halogens is 4. The quantitative estimate of drug-likeness (QED) is 0.862. The predicted molar refractivity (Wildman–Crippen MR) is 76.1 cm³/mol. The molecule has 5 heteroatoms. The molecule has 0 radical (unpaired) electrons. The van der Waals surface area contributed by atoms with E-state index in [9.17, 15) is 8.78 Å². The highest BCUT2D eigenvalue weighted by atomic mass is 79.9. The number of hydrogen-bond donors (Lipinski definition) is 1. The zero-order valence-corrected chi connectivity index (χ0v) is 12.2. The number of hydrogen-bond acceptors (Lipinski definition) is 1. The molecule has 1 atom stereocenters. The minimum atomic E-state index is -0.475. The van der Waals surface area contributed by atoms with Crippen molar-refractivity contribution < 1.29 is 8.78 Å². The maximum atomic E-state index is 13.5. The average molecular weight is 347 g/mol. The third kappa shape index (κ3) is 3.53. The Balaban J connectivity index is 2.22. The fraction of sp³-hybridized carbons (Fsp3) is 0.143. The van der Waals surface area contributed by atoms with Gasteiger partial charge in [0, 0.05) is 10.5 Å². The summed E-state index contributed by atoms with van der Waals surface area (Å²) in [5.41, 5.74) is 7.03. The van der Waals surface area contributed by atoms with Gasteiger partial charge in [-0.1, -0.05) is 17.7 Å². The van der Waals surface area contributed by atoms with Crippen LogP contribution in [0, 0.1) is 11.6 Å². The van der Waals surface area contributed by atoms with Crippen LogP contribution in [0.1, 0.15) is 17.2 Å². The fourth-order valence-electron chi connectivity index (χ4n) is 1.80. The molecule has 100 valence electrons. The van der Waals surface area contributed by atoms with E-state index in [2.05, 4.69) is 15.9 Å². The van der Waals surface area contributed by atoms with Crippen LogP contribution >= 0.6 is 27.5 Å². The van der Waals surface area contributed by atoms with Crippen molar-refractivity contribution in [2.45, 2.75) is 12.5 Å². The lowest BCUT2D eigenvalue weighted by Gasteiger charge is -2.13. The van der Waals surface area contributed by atoms with Gasteiger partial charge in [0.2, 0.25) is 0 Å². The lowest BCUT2D eigenvalue weighted by Crippen LogP contribution is -2.14. The van der Waals surface area contributed by atoms with Crippen LogP contribution in [0.4, 0.5) is 8.78 Å². The van der Waals surface area contributed by atoms with Crippen molar-refractivity contribution in [3.63, 3.8) is 0 Å². The second kappa shape index (κ2) is 5.99. The van der Waals surface area contributed by atoms with E-state index in [4.69, 9.17) is 17.3 Å². The van der Waals surface area contributed by atoms with Gasteiger partial charge in [-0.15, -0.1) is 0 Å². The van der Waals surface area contributed by atoms with Crippen LogP contribution in [0.5, 0.6) is 0 Å². The summed E-state index contributed by atoms with van der Waals surface area (Å²) in [6.07, 6.45) is 0.210. The monoisotopic (exact) mass is 345 g/mol. The van der Waals surface area contributed by atoms with Crippen molar-refractivity contribution in [3.05, 3.63) is 68.7 Å². The molecule has 0 fully saturated rings.